The van der Waals surface area contributed by atoms with Crippen LogP contribution in [0.3, 0.4) is 0 Å². The third kappa shape index (κ3) is 2.03. The molecule has 0 bridgehead atoms. The average molecular weight is 255 g/mol. The van der Waals surface area contributed by atoms with Crippen molar-refractivity contribution in [1.82, 2.24) is 10.3 Å². The molecule has 0 spiro atoms. The molecule has 1 aromatic heterocycles. The van der Waals surface area contributed by atoms with Crippen LogP contribution in [0.15, 0.2) is 30.3 Å². The Kier molecular flexibility index (Phi) is 2.67. The number of hydrogen-bond acceptors (Lipinski definition) is 4. The number of anilines is 1. The zero-order valence-electron chi connectivity index (χ0n) is 10.2. The Bertz CT molecular complexity index is 681. The van der Waals surface area contributed by atoms with Crippen molar-refractivity contribution in [3.63, 3.8) is 0 Å². The molecule has 0 aliphatic carbocycles. The lowest BCUT2D eigenvalue weighted by Gasteiger charge is -2.20. The molecule has 1 aliphatic rings. The van der Waals surface area contributed by atoms with Gasteiger partial charge in [0.15, 0.2) is 0 Å². The zero-order valence-corrected chi connectivity index (χ0v) is 10.2. The quantitative estimate of drug-likeness (QED) is 0.594. The molecule has 1 saturated heterocycles. The molecule has 1 unspecified atom stereocenters. The van der Waals surface area contributed by atoms with E-state index in [0.717, 1.165) is 10.9 Å². The average Bonchev–Trinajstić information content (AvgIpc) is 2.38. The fraction of sp³-hybridized carbons (Fsp3) is 0.214. The van der Waals surface area contributed by atoms with Gasteiger partial charge in [0, 0.05) is 17.5 Å². The smallest absolute Gasteiger partial charge is 0.235 e. The van der Waals surface area contributed by atoms with Crippen LogP contribution in [0.5, 0.6) is 0 Å². The molecule has 96 valence electrons. The largest absolute Gasteiger partial charge is 0.398 e. The summed E-state index contributed by atoms with van der Waals surface area (Å²) in [4.78, 5) is 27.4. The van der Waals surface area contributed by atoms with Crippen molar-refractivity contribution in [2.24, 2.45) is 0 Å². The highest BCUT2D eigenvalue weighted by molar-refractivity contribution is 6.01. The van der Waals surface area contributed by atoms with Gasteiger partial charge in [-0.1, -0.05) is 6.07 Å². The summed E-state index contributed by atoms with van der Waals surface area (Å²) in [5.41, 5.74) is 7.98. The number of aromatic nitrogens is 1. The number of rotatable bonds is 1. The monoisotopic (exact) mass is 255 g/mol. The minimum absolute atomic E-state index is 0.216. The molecule has 3 N–H and O–H groups in total. The molecule has 3 rings (SSSR count). The lowest BCUT2D eigenvalue weighted by molar-refractivity contribution is -0.134. The SMILES string of the molecule is Nc1cccc2nc(C3CCC(=O)NC3=O)ccc12. The summed E-state index contributed by atoms with van der Waals surface area (Å²) in [5.74, 6) is -0.846. The van der Waals surface area contributed by atoms with E-state index in [0.29, 0.717) is 24.2 Å². The summed E-state index contributed by atoms with van der Waals surface area (Å²) < 4.78 is 0. The Morgan fingerprint density at radius 1 is 1.21 bits per heavy atom. The minimum Gasteiger partial charge on any atom is -0.398 e. The van der Waals surface area contributed by atoms with E-state index in [-0.39, 0.29) is 17.7 Å². The molecule has 0 saturated carbocycles. The maximum Gasteiger partial charge on any atom is 0.235 e. The van der Waals surface area contributed by atoms with E-state index in [1.165, 1.54) is 0 Å². The number of imide groups is 1. The number of hydrogen-bond donors (Lipinski definition) is 2. The molecule has 5 heteroatoms. The maximum absolute atomic E-state index is 11.8. The van der Waals surface area contributed by atoms with Gasteiger partial charge in [0.1, 0.15) is 0 Å². The molecule has 5 nitrogen and oxygen atoms in total. The lowest BCUT2D eigenvalue weighted by Crippen LogP contribution is -2.39. The van der Waals surface area contributed by atoms with Crippen LogP contribution >= 0.6 is 0 Å². The van der Waals surface area contributed by atoms with Gasteiger partial charge >= 0.3 is 0 Å². The van der Waals surface area contributed by atoms with Crippen molar-refractivity contribution in [2.45, 2.75) is 18.8 Å². The van der Waals surface area contributed by atoms with Gasteiger partial charge in [-0.15, -0.1) is 0 Å². The van der Waals surface area contributed by atoms with E-state index >= 15 is 0 Å². The predicted molar refractivity (Wildman–Crippen MR) is 71.3 cm³/mol. The second-order valence-electron chi connectivity index (χ2n) is 4.65. The number of piperidine rings is 1. The molecule has 1 atom stereocenters. The Morgan fingerprint density at radius 3 is 2.84 bits per heavy atom. The van der Waals surface area contributed by atoms with E-state index in [4.69, 9.17) is 5.73 Å². The first-order valence-corrected chi connectivity index (χ1v) is 6.14. The number of nitrogens with one attached hydrogen (secondary N) is 1. The summed E-state index contributed by atoms with van der Waals surface area (Å²) in [6, 6.07) is 9.19. The van der Waals surface area contributed by atoms with Crippen molar-refractivity contribution in [2.75, 3.05) is 5.73 Å². The van der Waals surface area contributed by atoms with Crippen molar-refractivity contribution in [1.29, 1.82) is 0 Å². The molecule has 1 aliphatic heterocycles. The fourth-order valence-electron chi connectivity index (χ4n) is 2.36. The van der Waals surface area contributed by atoms with Gasteiger partial charge in [0.25, 0.3) is 0 Å². The summed E-state index contributed by atoms with van der Waals surface area (Å²) in [6.45, 7) is 0. The molecule has 19 heavy (non-hydrogen) atoms. The molecular formula is C14H13N3O2. The Hall–Kier alpha value is -2.43. The molecule has 1 aromatic carbocycles. The zero-order chi connectivity index (χ0) is 13.4. The van der Waals surface area contributed by atoms with E-state index in [2.05, 4.69) is 10.3 Å². The van der Waals surface area contributed by atoms with Gasteiger partial charge in [0.2, 0.25) is 11.8 Å². The number of nitrogens with two attached hydrogens (primary N) is 1. The molecule has 0 radical (unpaired) electrons. The number of fused-ring (bicyclic) bond motifs is 1. The Labute approximate surface area is 109 Å². The van der Waals surface area contributed by atoms with Gasteiger partial charge in [-0.05, 0) is 30.7 Å². The molecular weight excluding hydrogens is 242 g/mol. The van der Waals surface area contributed by atoms with Crippen molar-refractivity contribution >= 4 is 28.4 Å². The number of nitrogen functional groups attached to an aromatic ring is 1. The van der Waals surface area contributed by atoms with Crippen LogP contribution in [-0.4, -0.2) is 16.8 Å². The highest BCUT2D eigenvalue weighted by Crippen LogP contribution is 2.26. The second-order valence-corrected chi connectivity index (χ2v) is 4.65. The van der Waals surface area contributed by atoms with E-state index in [1.807, 2.05) is 24.3 Å². The highest BCUT2D eigenvalue weighted by Gasteiger charge is 2.28. The normalized spacial score (nSPS) is 19.5. The Morgan fingerprint density at radius 2 is 2.05 bits per heavy atom. The summed E-state index contributed by atoms with van der Waals surface area (Å²) in [7, 11) is 0. The third-order valence-electron chi connectivity index (χ3n) is 3.38. The topological polar surface area (TPSA) is 85.1 Å². The first-order chi connectivity index (χ1) is 9.15. The molecule has 2 amide bonds. The summed E-state index contributed by atoms with van der Waals surface area (Å²) in [5, 5.41) is 3.22. The lowest BCUT2D eigenvalue weighted by atomic mass is 9.94. The minimum atomic E-state index is -0.358. The van der Waals surface area contributed by atoms with Crippen LogP contribution in [0, 0.1) is 0 Å². The van der Waals surface area contributed by atoms with Gasteiger partial charge < -0.3 is 5.73 Å². The first-order valence-electron chi connectivity index (χ1n) is 6.14. The van der Waals surface area contributed by atoms with E-state index in [9.17, 15) is 9.59 Å². The second kappa shape index (κ2) is 4.35. The van der Waals surface area contributed by atoms with Crippen molar-refractivity contribution < 1.29 is 9.59 Å². The molecule has 2 aromatic rings. The van der Waals surface area contributed by atoms with E-state index in [1.54, 1.807) is 6.07 Å². The van der Waals surface area contributed by atoms with Gasteiger partial charge in [-0.25, -0.2) is 0 Å². The molecule has 1 fully saturated rings. The van der Waals surface area contributed by atoms with Gasteiger partial charge in [-0.2, -0.15) is 0 Å². The standard InChI is InChI=1S/C14H13N3O2/c15-10-2-1-3-11-8(10)4-6-12(16-11)9-5-7-13(18)17-14(9)19/h1-4,6,9H,5,7,15H2,(H,17,18,19). The number of carbonyl (C=O) groups is 2. The van der Waals surface area contributed by atoms with Crippen LogP contribution in [-0.2, 0) is 9.59 Å². The number of nitrogens with zero attached hydrogens (tertiary/aromatic N) is 1. The van der Waals surface area contributed by atoms with Crippen molar-refractivity contribution in [3.05, 3.63) is 36.0 Å². The fourth-order valence-corrected chi connectivity index (χ4v) is 2.36. The van der Waals surface area contributed by atoms with E-state index < -0.39 is 0 Å². The predicted octanol–water partition coefficient (Wildman–Crippen LogP) is 1.34. The molecule has 2 heterocycles. The highest BCUT2D eigenvalue weighted by atomic mass is 16.2. The third-order valence-corrected chi connectivity index (χ3v) is 3.38. The van der Waals surface area contributed by atoms with Crippen LogP contribution in [0.1, 0.15) is 24.5 Å². The first kappa shape index (κ1) is 11.6. The van der Waals surface area contributed by atoms with Crippen LogP contribution in [0.2, 0.25) is 0 Å². The summed E-state index contributed by atoms with van der Waals surface area (Å²) in [6.07, 6.45) is 0.860. The van der Waals surface area contributed by atoms with Gasteiger partial charge in [0.05, 0.1) is 17.1 Å². The maximum atomic E-state index is 11.8. The summed E-state index contributed by atoms with van der Waals surface area (Å²) >= 11 is 0. The number of amides is 2. The van der Waals surface area contributed by atoms with Crippen molar-refractivity contribution in [3.8, 4) is 0 Å². The number of benzene rings is 1. The number of pyridine rings is 1. The van der Waals surface area contributed by atoms with Crippen LogP contribution in [0.4, 0.5) is 5.69 Å². The Balaban J connectivity index is 2.02. The number of carbonyl (C=O) groups excluding carboxylic acids is 2. The van der Waals surface area contributed by atoms with Crippen LogP contribution in [0.25, 0.3) is 10.9 Å². The van der Waals surface area contributed by atoms with Crippen LogP contribution < -0.4 is 11.1 Å². The van der Waals surface area contributed by atoms with Gasteiger partial charge in [-0.3, -0.25) is 19.9 Å².